The van der Waals surface area contributed by atoms with Crippen LogP contribution in [-0.4, -0.2) is 36.2 Å². The van der Waals surface area contributed by atoms with Crippen LogP contribution in [0.2, 0.25) is 5.02 Å². The molecule has 0 aliphatic carbocycles. The largest absolute Gasteiger partial charge is 0.379 e. The van der Waals surface area contributed by atoms with Crippen LogP contribution in [0.4, 0.5) is 0 Å². The van der Waals surface area contributed by atoms with E-state index in [1.807, 2.05) is 12.1 Å². The molecular weight excluding hydrogens is 320 g/mol. The molecule has 2 aromatic carbocycles. The molecule has 0 bridgehead atoms. The van der Waals surface area contributed by atoms with Gasteiger partial charge in [0.25, 0.3) is 0 Å². The van der Waals surface area contributed by atoms with Crippen molar-refractivity contribution in [2.75, 3.05) is 26.3 Å². The molecule has 3 aromatic rings. The van der Waals surface area contributed by atoms with Gasteiger partial charge in [0, 0.05) is 40.3 Å². The summed E-state index contributed by atoms with van der Waals surface area (Å²) >= 11 is 6.30. The first-order valence-corrected chi connectivity index (χ1v) is 8.76. The SMILES string of the molecule is Cc1[nH]c2ccccc2c1C(c1cccc(Cl)c1)N1CCOCC1. The zero-order valence-electron chi connectivity index (χ0n) is 13.8. The summed E-state index contributed by atoms with van der Waals surface area (Å²) in [5.41, 5.74) is 4.98. The van der Waals surface area contributed by atoms with Crippen molar-refractivity contribution in [3.63, 3.8) is 0 Å². The summed E-state index contributed by atoms with van der Waals surface area (Å²) in [6.07, 6.45) is 0. The second kappa shape index (κ2) is 6.60. The van der Waals surface area contributed by atoms with Gasteiger partial charge in [0.15, 0.2) is 0 Å². The van der Waals surface area contributed by atoms with Crippen molar-refractivity contribution in [3.8, 4) is 0 Å². The van der Waals surface area contributed by atoms with Gasteiger partial charge in [-0.3, -0.25) is 4.90 Å². The van der Waals surface area contributed by atoms with Gasteiger partial charge < -0.3 is 9.72 Å². The predicted molar refractivity (Wildman–Crippen MR) is 98.7 cm³/mol. The fraction of sp³-hybridized carbons (Fsp3) is 0.300. The van der Waals surface area contributed by atoms with Crippen LogP contribution < -0.4 is 0 Å². The summed E-state index contributed by atoms with van der Waals surface area (Å²) < 4.78 is 5.57. The van der Waals surface area contributed by atoms with Gasteiger partial charge >= 0.3 is 0 Å². The number of aromatic nitrogens is 1. The maximum Gasteiger partial charge on any atom is 0.0627 e. The highest BCUT2D eigenvalue weighted by molar-refractivity contribution is 6.30. The van der Waals surface area contributed by atoms with Crippen molar-refractivity contribution in [2.45, 2.75) is 13.0 Å². The lowest BCUT2D eigenvalue weighted by Gasteiger charge is -2.35. The van der Waals surface area contributed by atoms with E-state index in [9.17, 15) is 0 Å². The number of rotatable bonds is 3. The van der Waals surface area contributed by atoms with E-state index in [0.29, 0.717) is 0 Å². The molecular formula is C20H21ClN2O. The van der Waals surface area contributed by atoms with Crippen LogP contribution >= 0.6 is 11.6 Å². The van der Waals surface area contributed by atoms with Gasteiger partial charge in [0.2, 0.25) is 0 Å². The summed E-state index contributed by atoms with van der Waals surface area (Å²) in [6.45, 7) is 5.57. The van der Waals surface area contributed by atoms with Crippen LogP contribution in [-0.2, 0) is 4.74 Å². The minimum atomic E-state index is 0.184. The fourth-order valence-electron chi connectivity index (χ4n) is 3.72. The second-order valence-corrected chi connectivity index (χ2v) is 6.75. The number of aryl methyl sites for hydroxylation is 1. The summed E-state index contributed by atoms with van der Waals surface area (Å²) in [4.78, 5) is 6.04. The summed E-state index contributed by atoms with van der Waals surface area (Å²) in [5, 5.41) is 2.06. The normalized spacial score (nSPS) is 17.2. The third kappa shape index (κ3) is 2.84. The molecule has 2 heterocycles. The third-order valence-electron chi connectivity index (χ3n) is 4.79. The van der Waals surface area contributed by atoms with E-state index >= 15 is 0 Å². The molecule has 0 saturated carbocycles. The lowest BCUT2D eigenvalue weighted by Crippen LogP contribution is -2.39. The summed E-state index contributed by atoms with van der Waals surface area (Å²) in [7, 11) is 0. The van der Waals surface area contributed by atoms with Gasteiger partial charge in [-0.2, -0.15) is 0 Å². The highest BCUT2D eigenvalue weighted by Gasteiger charge is 2.28. The Morgan fingerprint density at radius 2 is 1.88 bits per heavy atom. The van der Waals surface area contributed by atoms with E-state index < -0.39 is 0 Å². The monoisotopic (exact) mass is 340 g/mol. The van der Waals surface area contributed by atoms with Gasteiger partial charge in [-0.1, -0.05) is 41.9 Å². The van der Waals surface area contributed by atoms with Gasteiger partial charge in [0.05, 0.1) is 19.3 Å². The number of morpholine rings is 1. The highest BCUT2D eigenvalue weighted by Crippen LogP contribution is 2.37. The topological polar surface area (TPSA) is 28.3 Å². The van der Waals surface area contributed by atoms with Gasteiger partial charge in [0.1, 0.15) is 0 Å². The first-order chi connectivity index (χ1) is 11.7. The second-order valence-electron chi connectivity index (χ2n) is 6.32. The van der Waals surface area contributed by atoms with Crippen molar-refractivity contribution in [2.24, 2.45) is 0 Å². The number of halogens is 1. The number of H-pyrrole nitrogens is 1. The average Bonchev–Trinajstić information content (AvgIpc) is 2.93. The lowest BCUT2D eigenvalue weighted by molar-refractivity contribution is 0.0241. The van der Waals surface area contributed by atoms with E-state index in [-0.39, 0.29) is 6.04 Å². The molecule has 4 rings (SSSR count). The molecule has 124 valence electrons. The molecule has 0 amide bonds. The van der Waals surface area contributed by atoms with Crippen molar-refractivity contribution in [1.29, 1.82) is 0 Å². The van der Waals surface area contributed by atoms with Crippen molar-refractivity contribution in [3.05, 3.63) is 70.4 Å². The maximum atomic E-state index is 6.30. The van der Waals surface area contributed by atoms with Gasteiger partial charge in [-0.25, -0.2) is 0 Å². The summed E-state index contributed by atoms with van der Waals surface area (Å²) in [6, 6.07) is 16.9. The number of hydrogen-bond donors (Lipinski definition) is 1. The van der Waals surface area contributed by atoms with E-state index in [1.54, 1.807) is 0 Å². The standard InChI is InChI=1S/C20H21ClN2O/c1-14-19(17-7-2-3-8-18(17)22-14)20(23-9-11-24-12-10-23)15-5-4-6-16(21)13-15/h2-8,13,20,22H,9-12H2,1H3. The Morgan fingerprint density at radius 1 is 1.08 bits per heavy atom. The number of fused-ring (bicyclic) bond motifs is 1. The van der Waals surface area contributed by atoms with Crippen molar-refractivity contribution >= 4 is 22.5 Å². The predicted octanol–water partition coefficient (Wildman–Crippen LogP) is 4.55. The molecule has 1 fully saturated rings. The Hall–Kier alpha value is -1.81. The smallest absolute Gasteiger partial charge is 0.0627 e. The number of aromatic amines is 1. The molecule has 1 aliphatic rings. The van der Waals surface area contributed by atoms with Crippen molar-refractivity contribution in [1.82, 2.24) is 9.88 Å². The number of nitrogens with zero attached hydrogens (tertiary/aromatic N) is 1. The zero-order chi connectivity index (χ0) is 16.5. The highest BCUT2D eigenvalue weighted by atomic mass is 35.5. The minimum Gasteiger partial charge on any atom is -0.379 e. The van der Waals surface area contributed by atoms with Crippen LogP contribution in [0, 0.1) is 6.92 Å². The first kappa shape index (κ1) is 15.7. The Kier molecular flexibility index (Phi) is 4.31. The van der Waals surface area contributed by atoms with Crippen LogP contribution in [0.25, 0.3) is 10.9 Å². The number of para-hydroxylation sites is 1. The molecule has 1 aliphatic heterocycles. The van der Waals surface area contributed by atoms with E-state index in [2.05, 4.69) is 53.2 Å². The van der Waals surface area contributed by atoms with Crippen LogP contribution in [0.3, 0.4) is 0 Å². The molecule has 0 radical (unpaired) electrons. The van der Waals surface area contributed by atoms with Crippen molar-refractivity contribution < 1.29 is 4.74 Å². The number of benzene rings is 2. The Morgan fingerprint density at radius 3 is 2.67 bits per heavy atom. The minimum absolute atomic E-state index is 0.184. The molecule has 1 N–H and O–H groups in total. The van der Waals surface area contributed by atoms with Crippen LogP contribution in [0.5, 0.6) is 0 Å². The molecule has 0 spiro atoms. The van der Waals surface area contributed by atoms with E-state index in [0.717, 1.165) is 31.3 Å². The molecule has 1 atom stereocenters. The zero-order valence-corrected chi connectivity index (χ0v) is 14.5. The molecule has 1 saturated heterocycles. The van der Waals surface area contributed by atoms with Crippen LogP contribution in [0.15, 0.2) is 48.5 Å². The van der Waals surface area contributed by atoms with E-state index in [4.69, 9.17) is 16.3 Å². The van der Waals surface area contributed by atoms with Gasteiger partial charge in [-0.15, -0.1) is 0 Å². The average molecular weight is 341 g/mol. The molecule has 1 aromatic heterocycles. The van der Waals surface area contributed by atoms with Gasteiger partial charge in [-0.05, 0) is 30.7 Å². The van der Waals surface area contributed by atoms with Crippen LogP contribution in [0.1, 0.15) is 22.9 Å². The summed E-state index contributed by atoms with van der Waals surface area (Å²) in [5.74, 6) is 0. The quantitative estimate of drug-likeness (QED) is 0.757. The Bertz CT molecular complexity index is 852. The third-order valence-corrected chi connectivity index (χ3v) is 5.03. The Balaban J connectivity index is 1.89. The number of hydrogen-bond acceptors (Lipinski definition) is 2. The maximum absolute atomic E-state index is 6.30. The molecule has 3 nitrogen and oxygen atoms in total. The fourth-order valence-corrected chi connectivity index (χ4v) is 3.92. The molecule has 4 heteroatoms. The van der Waals surface area contributed by atoms with E-state index in [1.165, 1.54) is 27.7 Å². The number of nitrogens with one attached hydrogen (secondary N) is 1. The lowest BCUT2D eigenvalue weighted by atomic mass is 9.94. The first-order valence-electron chi connectivity index (χ1n) is 8.38. The molecule has 24 heavy (non-hydrogen) atoms. The number of ether oxygens (including phenoxy) is 1. The Labute approximate surface area is 147 Å². The molecule has 1 unspecified atom stereocenters.